The van der Waals surface area contributed by atoms with Gasteiger partial charge in [0.1, 0.15) is 0 Å². The van der Waals surface area contributed by atoms with Crippen LogP contribution in [0.1, 0.15) is 40.9 Å². The minimum Gasteiger partial charge on any atom is -0.327 e. The molecule has 8 nitrogen and oxygen atoms in total. The van der Waals surface area contributed by atoms with Gasteiger partial charge in [-0.1, -0.05) is 29.8 Å². The van der Waals surface area contributed by atoms with E-state index in [4.69, 9.17) is 11.6 Å². The van der Waals surface area contributed by atoms with Crippen LogP contribution in [0, 0.1) is 6.92 Å². The second kappa shape index (κ2) is 7.63. The van der Waals surface area contributed by atoms with Crippen molar-refractivity contribution in [3.05, 3.63) is 87.2 Å². The van der Waals surface area contributed by atoms with Crippen LogP contribution in [0.2, 0.25) is 5.02 Å². The minimum absolute atomic E-state index is 0.133. The summed E-state index contributed by atoms with van der Waals surface area (Å²) in [4.78, 5) is 27.8. The van der Waals surface area contributed by atoms with Crippen molar-refractivity contribution in [3.8, 4) is 5.69 Å². The fourth-order valence-electron chi connectivity index (χ4n) is 4.06. The molecule has 1 amide bonds. The van der Waals surface area contributed by atoms with E-state index in [-0.39, 0.29) is 11.7 Å². The number of hydrogen-bond donors (Lipinski definition) is 0. The van der Waals surface area contributed by atoms with Crippen molar-refractivity contribution in [1.29, 1.82) is 0 Å². The molecule has 1 fully saturated rings. The maximum Gasteiger partial charge on any atom is 0.279 e. The van der Waals surface area contributed by atoms with Crippen molar-refractivity contribution in [2.75, 3.05) is 6.54 Å². The zero-order valence-corrected chi connectivity index (χ0v) is 17.5. The number of benzene rings is 1. The van der Waals surface area contributed by atoms with E-state index < -0.39 is 11.3 Å². The third-order valence-corrected chi connectivity index (χ3v) is 5.86. The molecule has 0 spiro atoms. The van der Waals surface area contributed by atoms with Crippen LogP contribution >= 0.6 is 11.6 Å². The number of fused-ring (bicyclic) bond motifs is 1. The van der Waals surface area contributed by atoms with Crippen LogP contribution in [-0.4, -0.2) is 41.7 Å². The molecule has 0 bridgehead atoms. The van der Waals surface area contributed by atoms with E-state index in [1.165, 1.54) is 10.7 Å². The molecule has 0 unspecified atom stereocenters. The molecule has 0 saturated carbocycles. The van der Waals surface area contributed by atoms with Crippen LogP contribution in [0.3, 0.4) is 0 Å². The monoisotopic (exact) mass is 434 g/mol. The largest absolute Gasteiger partial charge is 0.327 e. The molecular formula is C22H19ClN6O2. The third-order valence-electron chi connectivity index (χ3n) is 5.54. The number of rotatable bonds is 3. The standard InChI is InChI=1S/C22H19ClN6O2/c1-14-13-18(30)20(26-29(14)16-8-3-2-7-15(16)23)22(31)27-12-6-9-17(27)21-25-24-19-10-4-5-11-28(19)21/h2-5,7-8,10-11,13,17H,6,9,12H2,1H3/t17-/m0/s1. The summed E-state index contributed by atoms with van der Waals surface area (Å²) in [5.74, 6) is 0.265. The van der Waals surface area contributed by atoms with Crippen LogP contribution < -0.4 is 5.43 Å². The predicted molar refractivity (Wildman–Crippen MR) is 116 cm³/mol. The van der Waals surface area contributed by atoms with Gasteiger partial charge in [0.2, 0.25) is 5.43 Å². The SMILES string of the molecule is Cc1cc(=O)c(C(=O)N2CCC[C@H]2c2nnc3ccccn23)nn1-c1ccccc1Cl. The second-order valence-electron chi connectivity index (χ2n) is 7.51. The summed E-state index contributed by atoms with van der Waals surface area (Å²) >= 11 is 6.32. The normalized spacial score (nSPS) is 16.2. The topological polar surface area (TPSA) is 85.4 Å². The smallest absolute Gasteiger partial charge is 0.279 e. The number of aromatic nitrogens is 5. The highest BCUT2D eigenvalue weighted by Crippen LogP contribution is 2.32. The molecule has 0 radical (unpaired) electrons. The minimum atomic E-state index is -0.416. The molecule has 0 N–H and O–H groups in total. The molecule has 1 aromatic carbocycles. The molecule has 3 aromatic heterocycles. The lowest BCUT2D eigenvalue weighted by Crippen LogP contribution is -2.36. The van der Waals surface area contributed by atoms with Gasteiger partial charge in [-0.2, -0.15) is 5.10 Å². The van der Waals surface area contributed by atoms with Crippen LogP contribution in [0.5, 0.6) is 0 Å². The number of para-hydroxylation sites is 1. The molecule has 1 saturated heterocycles. The fourth-order valence-corrected chi connectivity index (χ4v) is 4.28. The number of nitrogens with zero attached hydrogens (tertiary/aromatic N) is 6. The van der Waals surface area contributed by atoms with Gasteiger partial charge in [0.25, 0.3) is 5.91 Å². The van der Waals surface area contributed by atoms with Gasteiger partial charge < -0.3 is 4.90 Å². The molecule has 1 aliphatic rings. The number of amides is 1. The second-order valence-corrected chi connectivity index (χ2v) is 7.91. The lowest BCUT2D eigenvalue weighted by atomic mass is 10.2. The van der Waals surface area contributed by atoms with Crippen molar-refractivity contribution in [3.63, 3.8) is 0 Å². The van der Waals surface area contributed by atoms with Crippen LogP contribution in [0.15, 0.2) is 59.5 Å². The number of pyridine rings is 1. The zero-order valence-electron chi connectivity index (χ0n) is 16.8. The molecule has 1 atom stereocenters. The number of hydrogen-bond acceptors (Lipinski definition) is 5. The Morgan fingerprint density at radius 2 is 1.94 bits per heavy atom. The molecule has 31 heavy (non-hydrogen) atoms. The van der Waals surface area contributed by atoms with Gasteiger partial charge in [-0.05, 0) is 44.0 Å². The highest BCUT2D eigenvalue weighted by molar-refractivity contribution is 6.32. The summed E-state index contributed by atoms with van der Waals surface area (Å²) in [6.07, 6.45) is 3.43. The van der Waals surface area contributed by atoms with Crippen LogP contribution in [0.25, 0.3) is 11.3 Å². The van der Waals surface area contributed by atoms with Crippen molar-refractivity contribution < 1.29 is 4.79 Å². The summed E-state index contributed by atoms with van der Waals surface area (Å²) in [5, 5.41) is 13.4. The van der Waals surface area contributed by atoms with Crippen molar-refractivity contribution in [2.24, 2.45) is 0 Å². The average molecular weight is 435 g/mol. The Hall–Kier alpha value is -3.52. The summed E-state index contributed by atoms with van der Waals surface area (Å²) in [6.45, 7) is 2.28. The van der Waals surface area contributed by atoms with E-state index in [1.54, 1.807) is 24.0 Å². The number of carbonyl (C=O) groups is 1. The summed E-state index contributed by atoms with van der Waals surface area (Å²) in [5.41, 5.74) is 1.37. The average Bonchev–Trinajstić information content (AvgIpc) is 3.41. The van der Waals surface area contributed by atoms with Gasteiger partial charge in [-0.25, -0.2) is 4.68 Å². The Balaban J connectivity index is 1.56. The number of carbonyl (C=O) groups excluding carboxylic acids is 1. The predicted octanol–water partition coefficient (Wildman–Crippen LogP) is 3.21. The quantitative estimate of drug-likeness (QED) is 0.494. The van der Waals surface area contributed by atoms with Gasteiger partial charge in [-0.3, -0.25) is 14.0 Å². The van der Waals surface area contributed by atoms with E-state index in [9.17, 15) is 9.59 Å². The van der Waals surface area contributed by atoms with Crippen molar-refractivity contribution >= 4 is 23.2 Å². The molecule has 0 aliphatic carbocycles. The van der Waals surface area contributed by atoms with Crippen LogP contribution in [-0.2, 0) is 0 Å². The van der Waals surface area contributed by atoms with Gasteiger partial charge in [0, 0.05) is 24.5 Å². The Morgan fingerprint density at radius 1 is 1.13 bits per heavy atom. The zero-order chi connectivity index (χ0) is 21.5. The molecule has 4 aromatic rings. The highest BCUT2D eigenvalue weighted by Gasteiger charge is 2.35. The maximum atomic E-state index is 13.4. The Labute approximate surface area is 182 Å². The first-order valence-electron chi connectivity index (χ1n) is 10.0. The third kappa shape index (κ3) is 3.29. The molecule has 156 valence electrons. The van der Waals surface area contributed by atoms with E-state index >= 15 is 0 Å². The van der Waals surface area contributed by atoms with Gasteiger partial charge in [0.05, 0.1) is 16.8 Å². The highest BCUT2D eigenvalue weighted by atomic mass is 35.5. The first-order valence-corrected chi connectivity index (χ1v) is 10.4. The van der Waals surface area contributed by atoms with E-state index in [0.717, 1.165) is 12.8 Å². The Morgan fingerprint density at radius 3 is 2.77 bits per heavy atom. The molecule has 9 heteroatoms. The van der Waals surface area contributed by atoms with E-state index in [2.05, 4.69) is 15.3 Å². The van der Waals surface area contributed by atoms with Gasteiger partial charge in [-0.15, -0.1) is 10.2 Å². The molecule has 4 heterocycles. The lowest BCUT2D eigenvalue weighted by molar-refractivity contribution is 0.0719. The molecular weight excluding hydrogens is 416 g/mol. The van der Waals surface area contributed by atoms with Gasteiger partial charge >= 0.3 is 0 Å². The fraction of sp³-hybridized carbons (Fsp3) is 0.227. The first kappa shape index (κ1) is 19.4. The summed E-state index contributed by atoms with van der Waals surface area (Å²) < 4.78 is 3.41. The maximum absolute atomic E-state index is 13.4. The first-order chi connectivity index (χ1) is 15.0. The molecule has 5 rings (SSSR count). The van der Waals surface area contributed by atoms with Crippen molar-refractivity contribution in [2.45, 2.75) is 25.8 Å². The van der Waals surface area contributed by atoms with E-state index in [1.807, 2.05) is 40.9 Å². The van der Waals surface area contributed by atoms with Gasteiger partial charge in [0.15, 0.2) is 17.2 Å². The summed E-state index contributed by atoms with van der Waals surface area (Å²) in [7, 11) is 0. The molecule has 1 aliphatic heterocycles. The Bertz CT molecular complexity index is 1360. The Kier molecular flexibility index (Phi) is 4.78. The number of halogens is 1. The lowest BCUT2D eigenvalue weighted by Gasteiger charge is -2.23. The van der Waals surface area contributed by atoms with Crippen LogP contribution in [0.4, 0.5) is 0 Å². The van der Waals surface area contributed by atoms with Crippen molar-refractivity contribution in [1.82, 2.24) is 29.3 Å². The number of likely N-dealkylation sites (tertiary alicyclic amines) is 1. The van der Waals surface area contributed by atoms with E-state index in [0.29, 0.717) is 34.4 Å². The number of aryl methyl sites for hydroxylation is 1. The summed E-state index contributed by atoms with van der Waals surface area (Å²) in [6, 6.07) is 14.0.